The zero-order valence-electron chi connectivity index (χ0n) is 10.8. The molecule has 0 bridgehead atoms. The predicted octanol–water partition coefficient (Wildman–Crippen LogP) is 1.94. The summed E-state index contributed by atoms with van der Waals surface area (Å²) in [5.41, 5.74) is 1.60. The van der Waals surface area contributed by atoms with Gasteiger partial charge in [0.25, 0.3) is 0 Å². The predicted molar refractivity (Wildman–Crippen MR) is 75.5 cm³/mol. The van der Waals surface area contributed by atoms with Crippen molar-refractivity contribution in [3.63, 3.8) is 0 Å². The van der Waals surface area contributed by atoms with Crippen LogP contribution in [0.2, 0.25) is 0 Å². The van der Waals surface area contributed by atoms with Crippen molar-refractivity contribution < 1.29 is 8.42 Å². The molecule has 1 aromatic rings. The lowest BCUT2D eigenvalue weighted by Gasteiger charge is -2.18. The van der Waals surface area contributed by atoms with Gasteiger partial charge in [-0.2, -0.15) is 5.26 Å². The average molecular weight is 279 g/mol. The van der Waals surface area contributed by atoms with Crippen LogP contribution in [0.25, 0.3) is 0 Å². The molecule has 19 heavy (non-hydrogen) atoms. The molecule has 1 fully saturated rings. The minimum atomic E-state index is -3.62. The Balaban J connectivity index is 2.09. The fourth-order valence-electron chi connectivity index (χ4n) is 2.04. The highest BCUT2D eigenvalue weighted by molar-refractivity contribution is 7.93. The Bertz CT molecular complexity index is 569. The van der Waals surface area contributed by atoms with E-state index in [2.05, 4.69) is 9.62 Å². The molecule has 0 aromatic heterocycles. The van der Waals surface area contributed by atoms with Crippen LogP contribution < -0.4 is 9.62 Å². The smallest absolute Gasteiger partial charge is 0.248 e. The Morgan fingerprint density at radius 3 is 2.37 bits per heavy atom. The maximum Gasteiger partial charge on any atom is 0.248 e. The first-order valence-corrected chi connectivity index (χ1v) is 7.84. The Hall–Kier alpha value is -1.74. The summed E-state index contributed by atoms with van der Waals surface area (Å²) in [5.74, 6) is 0. The first-order chi connectivity index (χ1) is 9.03. The monoisotopic (exact) mass is 279 g/mol. The largest absolute Gasteiger partial charge is 0.372 e. The molecule has 102 valence electrons. The zero-order chi connectivity index (χ0) is 13.9. The molecular formula is C13H17N3O2S. The van der Waals surface area contributed by atoms with E-state index >= 15 is 0 Å². The highest BCUT2D eigenvalue weighted by atomic mass is 32.2. The van der Waals surface area contributed by atoms with Crippen molar-refractivity contribution in [1.29, 1.82) is 5.26 Å². The van der Waals surface area contributed by atoms with E-state index in [0.29, 0.717) is 5.69 Å². The number of hydrogen-bond donors (Lipinski definition) is 1. The van der Waals surface area contributed by atoms with Crippen molar-refractivity contribution in [3.8, 4) is 6.07 Å². The Labute approximate surface area is 113 Å². The molecule has 1 saturated heterocycles. The molecule has 1 atom stereocenters. The van der Waals surface area contributed by atoms with Crippen LogP contribution in [0.1, 0.15) is 19.8 Å². The molecule has 5 nitrogen and oxygen atoms in total. The van der Waals surface area contributed by atoms with E-state index in [0.717, 1.165) is 18.8 Å². The number of rotatable bonds is 4. The minimum absolute atomic E-state index is 0.491. The highest BCUT2D eigenvalue weighted by Gasteiger charge is 2.20. The number of nitrogens with zero attached hydrogens (tertiary/aromatic N) is 2. The summed E-state index contributed by atoms with van der Waals surface area (Å²) in [6.07, 6.45) is 2.40. The Morgan fingerprint density at radius 1 is 1.26 bits per heavy atom. The molecule has 6 heteroatoms. The van der Waals surface area contributed by atoms with E-state index in [4.69, 9.17) is 5.26 Å². The summed E-state index contributed by atoms with van der Waals surface area (Å²) in [7, 11) is -3.62. The maximum atomic E-state index is 11.7. The summed E-state index contributed by atoms with van der Waals surface area (Å²) in [6.45, 7) is 3.47. The fourth-order valence-corrected chi connectivity index (χ4v) is 2.82. The first-order valence-electron chi connectivity index (χ1n) is 6.29. The van der Waals surface area contributed by atoms with Gasteiger partial charge < -0.3 is 4.90 Å². The minimum Gasteiger partial charge on any atom is -0.372 e. The molecule has 1 heterocycles. The Kier molecular flexibility index (Phi) is 3.96. The standard InChI is InChI=1S/C13H17N3O2S/c1-11(10-14)19(17,18)15-12-4-6-13(7-5-12)16-8-2-3-9-16/h4-7,11,15H,2-3,8-9H2,1H3. The Morgan fingerprint density at radius 2 is 1.84 bits per heavy atom. The van der Waals surface area contributed by atoms with E-state index in [9.17, 15) is 8.42 Å². The second-order valence-electron chi connectivity index (χ2n) is 4.66. The second kappa shape index (κ2) is 5.49. The molecule has 1 aliphatic rings. The van der Waals surface area contributed by atoms with E-state index in [1.54, 1.807) is 18.2 Å². The lowest BCUT2D eigenvalue weighted by atomic mass is 10.2. The van der Waals surface area contributed by atoms with Crippen molar-refractivity contribution in [2.24, 2.45) is 0 Å². The summed E-state index contributed by atoms with van der Waals surface area (Å²) in [5, 5.41) is 7.60. The van der Waals surface area contributed by atoms with Gasteiger partial charge in [-0.15, -0.1) is 0 Å². The van der Waals surface area contributed by atoms with Gasteiger partial charge in [0.15, 0.2) is 5.25 Å². The molecule has 0 amide bonds. The van der Waals surface area contributed by atoms with Gasteiger partial charge in [-0.1, -0.05) is 0 Å². The summed E-state index contributed by atoms with van der Waals surface area (Å²) in [6, 6.07) is 8.99. The number of sulfonamides is 1. The van der Waals surface area contributed by atoms with Crippen LogP contribution in [-0.2, 0) is 10.0 Å². The summed E-state index contributed by atoms with van der Waals surface area (Å²) >= 11 is 0. The fraction of sp³-hybridized carbons (Fsp3) is 0.462. The molecule has 1 aromatic carbocycles. The van der Waals surface area contributed by atoms with Crippen molar-refractivity contribution in [2.75, 3.05) is 22.7 Å². The topological polar surface area (TPSA) is 73.2 Å². The van der Waals surface area contributed by atoms with Crippen LogP contribution >= 0.6 is 0 Å². The van der Waals surface area contributed by atoms with Crippen LogP contribution in [0.4, 0.5) is 11.4 Å². The maximum absolute atomic E-state index is 11.7. The third-order valence-electron chi connectivity index (χ3n) is 3.25. The molecule has 1 N–H and O–H groups in total. The second-order valence-corrected chi connectivity index (χ2v) is 6.66. The third kappa shape index (κ3) is 3.18. The summed E-state index contributed by atoms with van der Waals surface area (Å²) < 4.78 is 25.9. The van der Waals surface area contributed by atoms with Gasteiger partial charge >= 0.3 is 0 Å². The van der Waals surface area contributed by atoms with Gasteiger partial charge in [-0.25, -0.2) is 8.42 Å². The van der Waals surface area contributed by atoms with E-state index in [-0.39, 0.29) is 0 Å². The van der Waals surface area contributed by atoms with Gasteiger partial charge in [-0.05, 0) is 44.0 Å². The molecule has 0 saturated carbocycles. The van der Waals surface area contributed by atoms with Crippen molar-refractivity contribution >= 4 is 21.4 Å². The normalized spacial score (nSPS) is 16.9. The SMILES string of the molecule is CC(C#N)S(=O)(=O)Nc1ccc(N2CCCC2)cc1. The quantitative estimate of drug-likeness (QED) is 0.914. The highest BCUT2D eigenvalue weighted by Crippen LogP contribution is 2.22. The molecule has 0 spiro atoms. The first kappa shape index (κ1) is 13.7. The van der Waals surface area contributed by atoms with Crippen LogP contribution in [0.3, 0.4) is 0 Å². The van der Waals surface area contributed by atoms with Crippen LogP contribution in [0, 0.1) is 11.3 Å². The van der Waals surface area contributed by atoms with Crippen LogP contribution in [-0.4, -0.2) is 26.8 Å². The lowest BCUT2D eigenvalue weighted by Crippen LogP contribution is -2.23. The molecule has 0 radical (unpaired) electrons. The number of anilines is 2. The van der Waals surface area contributed by atoms with Gasteiger partial charge in [0, 0.05) is 24.5 Å². The van der Waals surface area contributed by atoms with Crippen molar-refractivity contribution in [3.05, 3.63) is 24.3 Å². The van der Waals surface area contributed by atoms with Gasteiger partial charge in [0.1, 0.15) is 0 Å². The molecule has 2 rings (SSSR count). The molecule has 1 unspecified atom stereocenters. The number of nitrogens with one attached hydrogen (secondary N) is 1. The number of nitriles is 1. The number of benzene rings is 1. The van der Waals surface area contributed by atoms with Gasteiger partial charge in [-0.3, -0.25) is 4.72 Å². The summed E-state index contributed by atoms with van der Waals surface area (Å²) in [4.78, 5) is 2.27. The van der Waals surface area contributed by atoms with E-state index < -0.39 is 15.3 Å². The van der Waals surface area contributed by atoms with E-state index in [1.165, 1.54) is 19.8 Å². The van der Waals surface area contributed by atoms with Gasteiger partial charge in [0.05, 0.1) is 6.07 Å². The lowest BCUT2D eigenvalue weighted by molar-refractivity contribution is 0.597. The average Bonchev–Trinajstić information content (AvgIpc) is 2.92. The van der Waals surface area contributed by atoms with Gasteiger partial charge in [0.2, 0.25) is 10.0 Å². The number of hydrogen-bond acceptors (Lipinski definition) is 4. The van der Waals surface area contributed by atoms with Crippen molar-refractivity contribution in [2.45, 2.75) is 25.0 Å². The van der Waals surface area contributed by atoms with Crippen LogP contribution in [0.5, 0.6) is 0 Å². The molecular weight excluding hydrogens is 262 g/mol. The van der Waals surface area contributed by atoms with Crippen molar-refractivity contribution in [1.82, 2.24) is 0 Å². The third-order valence-corrected chi connectivity index (χ3v) is 4.80. The van der Waals surface area contributed by atoms with E-state index in [1.807, 2.05) is 12.1 Å². The molecule has 0 aliphatic carbocycles. The molecule has 1 aliphatic heterocycles. The zero-order valence-corrected chi connectivity index (χ0v) is 11.7. The van der Waals surface area contributed by atoms with Crippen LogP contribution in [0.15, 0.2) is 24.3 Å².